The lowest BCUT2D eigenvalue weighted by molar-refractivity contribution is 0.829. The Morgan fingerprint density at radius 1 is 1.38 bits per heavy atom. The smallest absolute Gasteiger partial charge is 0.271 e. The minimum atomic E-state index is -0.0276. The van der Waals surface area contributed by atoms with Gasteiger partial charge in [0.05, 0.1) is 5.69 Å². The van der Waals surface area contributed by atoms with E-state index in [-0.39, 0.29) is 5.56 Å². The number of nitrogens with zero attached hydrogens (tertiary/aromatic N) is 1. The molecule has 4 heteroatoms. The van der Waals surface area contributed by atoms with E-state index in [9.17, 15) is 4.79 Å². The average Bonchev–Trinajstić information content (AvgIpc) is 2.58. The normalized spacial score (nSPS) is 10.6. The fourth-order valence-corrected chi connectivity index (χ4v) is 1.38. The van der Waals surface area contributed by atoms with Crippen LogP contribution in [0.25, 0.3) is 5.69 Å². The minimum absolute atomic E-state index is 0.0276. The van der Waals surface area contributed by atoms with E-state index in [1.54, 1.807) is 6.07 Å². The zero-order chi connectivity index (χ0) is 9.42. The van der Waals surface area contributed by atoms with Crippen LogP contribution in [0.4, 0.5) is 0 Å². The first-order chi connectivity index (χ1) is 6.18. The second-order valence-corrected chi connectivity index (χ2v) is 3.10. The Morgan fingerprint density at radius 3 is 2.62 bits per heavy atom. The molecule has 0 amide bonds. The van der Waals surface area contributed by atoms with Gasteiger partial charge >= 0.3 is 0 Å². The summed E-state index contributed by atoms with van der Waals surface area (Å²) in [6.07, 6.45) is 1.81. The first kappa shape index (κ1) is 7.91. The number of aromatic nitrogens is 3. The molecule has 2 rings (SSSR count). The van der Waals surface area contributed by atoms with E-state index in [0.29, 0.717) is 0 Å². The fraction of sp³-hybridized carbons (Fsp3) is 0.222. The van der Waals surface area contributed by atoms with Gasteiger partial charge in [-0.15, -0.1) is 0 Å². The monoisotopic (exact) mass is 177 g/mol. The van der Waals surface area contributed by atoms with Crippen molar-refractivity contribution in [2.45, 2.75) is 13.8 Å². The molecule has 0 radical (unpaired) electrons. The number of aromatic amines is 2. The summed E-state index contributed by atoms with van der Waals surface area (Å²) in [7, 11) is 0. The molecule has 2 aromatic heterocycles. The van der Waals surface area contributed by atoms with Gasteiger partial charge in [-0.1, -0.05) is 0 Å². The molecule has 2 heterocycles. The van der Waals surface area contributed by atoms with Crippen LogP contribution in [0, 0.1) is 13.8 Å². The molecule has 0 saturated carbocycles. The lowest BCUT2D eigenvalue weighted by Crippen LogP contribution is -2.13. The third-order valence-corrected chi connectivity index (χ3v) is 2.01. The number of rotatable bonds is 1. The standard InChI is InChI=1S/C9H11N3O/c1-6-5-9(13)12(11-6)8-3-4-10-7(8)2/h3-5,10-11H,1-2H3. The Labute approximate surface area is 75.2 Å². The molecule has 0 atom stereocenters. The molecular formula is C9H11N3O. The molecule has 0 aliphatic carbocycles. The van der Waals surface area contributed by atoms with Crippen molar-refractivity contribution in [3.05, 3.63) is 40.1 Å². The summed E-state index contributed by atoms with van der Waals surface area (Å²) in [6.45, 7) is 3.79. The number of nitrogens with one attached hydrogen (secondary N) is 2. The molecule has 0 bridgehead atoms. The van der Waals surface area contributed by atoms with Crippen LogP contribution < -0.4 is 5.56 Å². The van der Waals surface area contributed by atoms with Crippen molar-refractivity contribution >= 4 is 0 Å². The summed E-state index contributed by atoms with van der Waals surface area (Å²) in [5, 5.41) is 2.97. The third-order valence-electron chi connectivity index (χ3n) is 2.01. The van der Waals surface area contributed by atoms with E-state index < -0.39 is 0 Å². The molecule has 0 aliphatic rings. The number of aryl methyl sites for hydroxylation is 2. The van der Waals surface area contributed by atoms with Crippen LogP contribution in [0.2, 0.25) is 0 Å². The van der Waals surface area contributed by atoms with Gasteiger partial charge in [0, 0.05) is 23.7 Å². The van der Waals surface area contributed by atoms with Gasteiger partial charge in [0.2, 0.25) is 0 Å². The van der Waals surface area contributed by atoms with Crippen molar-refractivity contribution in [3.8, 4) is 5.69 Å². The van der Waals surface area contributed by atoms with Crippen molar-refractivity contribution in [1.29, 1.82) is 0 Å². The Balaban J connectivity index is 2.65. The molecule has 2 aromatic rings. The van der Waals surface area contributed by atoms with Crippen LogP contribution >= 0.6 is 0 Å². The van der Waals surface area contributed by atoms with Crippen LogP contribution in [0.15, 0.2) is 23.1 Å². The largest absolute Gasteiger partial charge is 0.363 e. The summed E-state index contributed by atoms with van der Waals surface area (Å²) in [6, 6.07) is 3.44. The highest BCUT2D eigenvalue weighted by atomic mass is 16.1. The van der Waals surface area contributed by atoms with Gasteiger partial charge in [-0.3, -0.25) is 9.89 Å². The molecule has 0 fully saturated rings. The van der Waals surface area contributed by atoms with Crippen LogP contribution in [0.1, 0.15) is 11.4 Å². The molecule has 0 saturated heterocycles. The van der Waals surface area contributed by atoms with E-state index in [1.165, 1.54) is 4.68 Å². The number of hydrogen-bond donors (Lipinski definition) is 2. The van der Waals surface area contributed by atoms with E-state index in [2.05, 4.69) is 10.1 Å². The van der Waals surface area contributed by atoms with Gasteiger partial charge < -0.3 is 4.98 Å². The van der Waals surface area contributed by atoms with Gasteiger partial charge in [0.1, 0.15) is 0 Å². The maximum atomic E-state index is 11.4. The predicted octanol–water partition coefficient (Wildman–Crippen LogP) is 1.11. The maximum absolute atomic E-state index is 11.4. The molecule has 4 nitrogen and oxygen atoms in total. The molecule has 0 unspecified atom stereocenters. The Hall–Kier alpha value is -1.71. The summed E-state index contributed by atoms with van der Waals surface area (Å²) >= 11 is 0. The first-order valence-corrected chi connectivity index (χ1v) is 4.11. The lowest BCUT2D eigenvalue weighted by atomic mass is 10.4. The van der Waals surface area contributed by atoms with Crippen molar-refractivity contribution in [2.75, 3.05) is 0 Å². The molecule has 0 aliphatic heterocycles. The Bertz CT molecular complexity index is 475. The zero-order valence-electron chi connectivity index (χ0n) is 7.59. The quantitative estimate of drug-likeness (QED) is 0.673. The van der Waals surface area contributed by atoms with Gasteiger partial charge in [-0.2, -0.15) is 0 Å². The summed E-state index contributed by atoms with van der Waals surface area (Å²) in [5.41, 5.74) is 2.69. The number of hydrogen-bond acceptors (Lipinski definition) is 1. The van der Waals surface area contributed by atoms with Crippen LogP contribution in [0.3, 0.4) is 0 Å². The molecule has 0 spiro atoms. The lowest BCUT2D eigenvalue weighted by Gasteiger charge is -1.98. The highest BCUT2D eigenvalue weighted by Gasteiger charge is 2.05. The average molecular weight is 177 g/mol. The summed E-state index contributed by atoms with van der Waals surface area (Å²) in [5.74, 6) is 0. The van der Waals surface area contributed by atoms with Gasteiger partial charge in [0.25, 0.3) is 5.56 Å². The first-order valence-electron chi connectivity index (χ1n) is 4.11. The van der Waals surface area contributed by atoms with Crippen molar-refractivity contribution in [2.24, 2.45) is 0 Å². The number of H-pyrrole nitrogens is 2. The highest BCUT2D eigenvalue weighted by molar-refractivity contribution is 5.35. The second kappa shape index (κ2) is 2.65. The van der Waals surface area contributed by atoms with E-state index >= 15 is 0 Å². The van der Waals surface area contributed by atoms with Crippen molar-refractivity contribution < 1.29 is 0 Å². The zero-order valence-corrected chi connectivity index (χ0v) is 7.59. The minimum Gasteiger partial charge on any atom is -0.363 e. The molecule has 0 aromatic carbocycles. The second-order valence-electron chi connectivity index (χ2n) is 3.10. The maximum Gasteiger partial charge on any atom is 0.271 e. The molecular weight excluding hydrogens is 166 g/mol. The van der Waals surface area contributed by atoms with E-state index in [0.717, 1.165) is 17.1 Å². The third kappa shape index (κ3) is 1.20. The molecule has 68 valence electrons. The van der Waals surface area contributed by atoms with Crippen LogP contribution in [-0.2, 0) is 0 Å². The van der Waals surface area contributed by atoms with E-state index in [1.807, 2.05) is 26.1 Å². The SMILES string of the molecule is Cc1cc(=O)n(-c2cc[nH]c2C)[nH]1. The van der Waals surface area contributed by atoms with Crippen LogP contribution in [-0.4, -0.2) is 14.8 Å². The summed E-state index contributed by atoms with van der Waals surface area (Å²) < 4.78 is 1.53. The van der Waals surface area contributed by atoms with Gasteiger partial charge in [-0.25, -0.2) is 4.68 Å². The van der Waals surface area contributed by atoms with Crippen molar-refractivity contribution in [3.63, 3.8) is 0 Å². The summed E-state index contributed by atoms with van der Waals surface area (Å²) in [4.78, 5) is 14.4. The Morgan fingerprint density at radius 2 is 2.15 bits per heavy atom. The predicted molar refractivity (Wildman–Crippen MR) is 50.2 cm³/mol. The molecule has 13 heavy (non-hydrogen) atoms. The van der Waals surface area contributed by atoms with Gasteiger partial charge in [0.15, 0.2) is 0 Å². The van der Waals surface area contributed by atoms with E-state index in [4.69, 9.17) is 0 Å². The van der Waals surface area contributed by atoms with Gasteiger partial charge in [-0.05, 0) is 19.9 Å². The van der Waals surface area contributed by atoms with Crippen LogP contribution in [0.5, 0.6) is 0 Å². The fourth-order valence-electron chi connectivity index (χ4n) is 1.38. The molecule has 2 N–H and O–H groups in total. The topological polar surface area (TPSA) is 53.6 Å². The Kier molecular flexibility index (Phi) is 1.62. The van der Waals surface area contributed by atoms with Crippen molar-refractivity contribution in [1.82, 2.24) is 14.8 Å². The highest BCUT2D eigenvalue weighted by Crippen LogP contribution is 2.08.